The lowest BCUT2D eigenvalue weighted by molar-refractivity contribution is 0.566. The van der Waals surface area contributed by atoms with Crippen molar-refractivity contribution in [2.75, 3.05) is 5.73 Å². The Balaban J connectivity index is 2.43. The van der Waals surface area contributed by atoms with Gasteiger partial charge in [-0.2, -0.15) is 4.39 Å². The van der Waals surface area contributed by atoms with Gasteiger partial charge in [0.2, 0.25) is 5.82 Å². The molecule has 1 aromatic carbocycles. The second-order valence-corrected chi connectivity index (χ2v) is 4.67. The quantitative estimate of drug-likeness (QED) is 0.814. The monoisotopic (exact) mass is 313 g/mol. The van der Waals surface area contributed by atoms with Crippen LogP contribution < -0.4 is 17.0 Å². The third-order valence-electron chi connectivity index (χ3n) is 2.30. The first-order chi connectivity index (χ1) is 8.45. The van der Waals surface area contributed by atoms with Gasteiger partial charge in [-0.05, 0) is 23.8 Å². The van der Waals surface area contributed by atoms with Crippen molar-refractivity contribution in [1.29, 1.82) is 0 Å². The Hall–Kier alpha value is -1.89. The van der Waals surface area contributed by atoms with Gasteiger partial charge in [0.1, 0.15) is 0 Å². The molecule has 7 heteroatoms. The van der Waals surface area contributed by atoms with Gasteiger partial charge in [0.25, 0.3) is 5.56 Å². The number of nitrogen functional groups attached to an aromatic ring is 1. The number of nitrogens with one attached hydrogen (secondary N) is 1. The molecule has 5 nitrogen and oxygen atoms in total. The molecule has 0 fully saturated rings. The minimum absolute atomic E-state index is 0.121. The SMILES string of the molecule is Nc1cc(Br)cc(Cn2cc(F)c(=O)[nH]c2=O)c1. The van der Waals surface area contributed by atoms with Crippen LogP contribution in [0.5, 0.6) is 0 Å². The fraction of sp³-hybridized carbons (Fsp3) is 0.0909. The predicted molar refractivity (Wildman–Crippen MR) is 68.9 cm³/mol. The molecule has 0 atom stereocenters. The average Bonchev–Trinajstić information content (AvgIpc) is 2.24. The molecule has 94 valence electrons. The molecule has 1 heterocycles. The summed E-state index contributed by atoms with van der Waals surface area (Å²) >= 11 is 3.27. The van der Waals surface area contributed by atoms with Gasteiger partial charge in [-0.25, -0.2) is 4.79 Å². The largest absolute Gasteiger partial charge is 0.399 e. The second-order valence-electron chi connectivity index (χ2n) is 3.76. The molecule has 3 N–H and O–H groups in total. The van der Waals surface area contributed by atoms with Crippen LogP contribution in [0, 0.1) is 5.82 Å². The maximum Gasteiger partial charge on any atom is 0.328 e. The van der Waals surface area contributed by atoms with Crippen molar-refractivity contribution >= 4 is 21.6 Å². The Morgan fingerprint density at radius 3 is 2.72 bits per heavy atom. The molecular formula is C11H9BrFN3O2. The van der Waals surface area contributed by atoms with Crippen LogP contribution in [0.15, 0.2) is 38.5 Å². The van der Waals surface area contributed by atoms with Crippen LogP contribution in [0.3, 0.4) is 0 Å². The van der Waals surface area contributed by atoms with Crippen LogP contribution in [0.4, 0.5) is 10.1 Å². The van der Waals surface area contributed by atoms with Crippen LogP contribution in [-0.2, 0) is 6.54 Å². The number of aromatic nitrogens is 2. The molecule has 0 radical (unpaired) electrons. The summed E-state index contributed by atoms with van der Waals surface area (Å²) in [6.07, 6.45) is 0.873. The number of H-pyrrole nitrogens is 1. The van der Waals surface area contributed by atoms with Crippen LogP contribution in [0.1, 0.15) is 5.56 Å². The normalized spacial score (nSPS) is 10.6. The Kier molecular flexibility index (Phi) is 3.33. The van der Waals surface area contributed by atoms with Crippen molar-refractivity contribution in [1.82, 2.24) is 9.55 Å². The highest BCUT2D eigenvalue weighted by Gasteiger charge is 2.05. The minimum atomic E-state index is -1.02. The maximum absolute atomic E-state index is 13.1. The van der Waals surface area contributed by atoms with Gasteiger partial charge in [0, 0.05) is 10.2 Å². The van der Waals surface area contributed by atoms with Gasteiger partial charge in [0.15, 0.2) is 0 Å². The summed E-state index contributed by atoms with van der Waals surface area (Å²) in [5.41, 5.74) is 5.21. The summed E-state index contributed by atoms with van der Waals surface area (Å²) in [6.45, 7) is 0.121. The molecular weight excluding hydrogens is 305 g/mol. The highest BCUT2D eigenvalue weighted by atomic mass is 79.9. The van der Waals surface area contributed by atoms with Gasteiger partial charge in [0.05, 0.1) is 12.7 Å². The Bertz CT molecular complexity index is 688. The van der Waals surface area contributed by atoms with E-state index in [9.17, 15) is 14.0 Å². The van der Waals surface area contributed by atoms with Crippen molar-refractivity contribution in [2.45, 2.75) is 6.54 Å². The lowest BCUT2D eigenvalue weighted by Gasteiger charge is -2.06. The molecule has 0 aliphatic heterocycles. The molecule has 2 rings (SSSR count). The minimum Gasteiger partial charge on any atom is -0.399 e. The van der Waals surface area contributed by atoms with Crippen LogP contribution in [0.25, 0.3) is 0 Å². The van der Waals surface area contributed by atoms with Crippen molar-refractivity contribution in [3.63, 3.8) is 0 Å². The van der Waals surface area contributed by atoms with Gasteiger partial charge in [-0.3, -0.25) is 14.3 Å². The molecule has 0 saturated carbocycles. The van der Waals surface area contributed by atoms with Crippen molar-refractivity contribution in [2.24, 2.45) is 0 Å². The first-order valence-electron chi connectivity index (χ1n) is 5.00. The van der Waals surface area contributed by atoms with Crippen molar-refractivity contribution in [3.05, 3.63) is 61.1 Å². The Labute approximate surface area is 109 Å². The third-order valence-corrected chi connectivity index (χ3v) is 2.76. The fourth-order valence-electron chi connectivity index (χ4n) is 1.56. The van der Waals surface area contributed by atoms with E-state index in [4.69, 9.17) is 5.73 Å². The van der Waals surface area contributed by atoms with Gasteiger partial charge < -0.3 is 5.73 Å². The van der Waals surface area contributed by atoms with E-state index in [0.29, 0.717) is 5.69 Å². The zero-order valence-corrected chi connectivity index (χ0v) is 10.7. The average molecular weight is 314 g/mol. The number of benzene rings is 1. The molecule has 0 bridgehead atoms. The third kappa shape index (κ3) is 2.67. The lowest BCUT2D eigenvalue weighted by Crippen LogP contribution is -2.31. The van der Waals surface area contributed by atoms with Crippen LogP contribution in [-0.4, -0.2) is 9.55 Å². The predicted octanol–water partition coefficient (Wildman–Crippen LogP) is 1.07. The molecule has 0 saturated heterocycles. The maximum atomic E-state index is 13.1. The highest BCUT2D eigenvalue weighted by Crippen LogP contribution is 2.17. The molecule has 0 spiro atoms. The summed E-state index contributed by atoms with van der Waals surface area (Å²) < 4.78 is 14.9. The highest BCUT2D eigenvalue weighted by molar-refractivity contribution is 9.10. The van der Waals surface area contributed by atoms with Gasteiger partial charge >= 0.3 is 5.69 Å². The number of hydrogen-bond acceptors (Lipinski definition) is 3. The summed E-state index contributed by atoms with van der Waals surface area (Å²) in [5, 5.41) is 0. The Morgan fingerprint density at radius 1 is 1.33 bits per heavy atom. The number of aromatic amines is 1. The van der Waals surface area contributed by atoms with Crippen LogP contribution >= 0.6 is 15.9 Å². The Morgan fingerprint density at radius 2 is 2.06 bits per heavy atom. The van der Waals surface area contributed by atoms with E-state index in [1.54, 1.807) is 18.2 Å². The summed E-state index contributed by atoms with van der Waals surface area (Å²) in [6, 6.07) is 5.13. The standard InChI is InChI=1S/C11H9BrFN3O2/c12-7-1-6(2-8(14)3-7)4-16-5-9(13)10(17)15-11(16)18/h1-3,5H,4,14H2,(H,15,17,18). The first-order valence-corrected chi connectivity index (χ1v) is 5.79. The molecule has 1 aromatic heterocycles. The topological polar surface area (TPSA) is 80.9 Å². The van der Waals surface area contributed by atoms with E-state index in [-0.39, 0.29) is 6.54 Å². The number of nitrogens with zero attached hydrogens (tertiary/aromatic N) is 1. The van der Waals surface area contributed by atoms with Crippen molar-refractivity contribution in [3.8, 4) is 0 Å². The zero-order chi connectivity index (χ0) is 13.3. The molecule has 0 aliphatic rings. The fourth-order valence-corrected chi connectivity index (χ4v) is 2.12. The number of halogens is 2. The van der Waals surface area contributed by atoms with E-state index in [0.717, 1.165) is 20.8 Å². The number of anilines is 1. The number of rotatable bonds is 2. The molecule has 0 unspecified atom stereocenters. The van der Waals surface area contributed by atoms with E-state index in [1.165, 1.54) is 0 Å². The molecule has 0 aliphatic carbocycles. The zero-order valence-electron chi connectivity index (χ0n) is 9.11. The smallest absolute Gasteiger partial charge is 0.328 e. The van der Waals surface area contributed by atoms with E-state index in [1.807, 2.05) is 4.98 Å². The van der Waals surface area contributed by atoms with E-state index in [2.05, 4.69) is 15.9 Å². The first kappa shape index (κ1) is 12.6. The van der Waals surface area contributed by atoms with Gasteiger partial charge in [-0.1, -0.05) is 15.9 Å². The second kappa shape index (κ2) is 4.77. The van der Waals surface area contributed by atoms with Crippen LogP contribution in [0.2, 0.25) is 0 Å². The lowest BCUT2D eigenvalue weighted by atomic mass is 10.2. The molecule has 0 amide bonds. The number of hydrogen-bond donors (Lipinski definition) is 2. The molecule has 18 heavy (non-hydrogen) atoms. The van der Waals surface area contributed by atoms with E-state index < -0.39 is 17.1 Å². The molecule has 2 aromatic rings. The summed E-state index contributed by atoms with van der Waals surface area (Å²) in [4.78, 5) is 24.2. The summed E-state index contributed by atoms with van der Waals surface area (Å²) in [5.74, 6) is -1.00. The number of nitrogens with two attached hydrogens (primary N) is 1. The summed E-state index contributed by atoms with van der Waals surface area (Å²) in [7, 11) is 0. The van der Waals surface area contributed by atoms with E-state index >= 15 is 0 Å². The van der Waals surface area contributed by atoms with Gasteiger partial charge in [-0.15, -0.1) is 0 Å². The van der Waals surface area contributed by atoms with Crippen molar-refractivity contribution < 1.29 is 4.39 Å².